The van der Waals surface area contributed by atoms with Crippen molar-refractivity contribution in [2.75, 3.05) is 25.0 Å². The molecule has 3 aromatic rings. The highest BCUT2D eigenvalue weighted by Crippen LogP contribution is 2.30. The molecule has 1 aromatic heterocycles. The first kappa shape index (κ1) is 23.4. The molecule has 1 aliphatic rings. The lowest BCUT2D eigenvalue weighted by Gasteiger charge is -2.23. The second-order valence-corrected chi connectivity index (χ2v) is 8.36. The van der Waals surface area contributed by atoms with E-state index >= 15 is 4.39 Å². The number of carbonyl (C=O) groups excluding carboxylic acids is 2. The van der Waals surface area contributed by atoms with E-state index in [1.807, 2.05) is 42.2 Å². The zero-order valence-corrected chi connectivity index (χ0v) is 19.4. The van der Waals surface area contributed by atoms with Gasteiger partial charge >= 0.3 is 0 Å². The van der Waals surface area contributed by atoms with Gasteiger partial charge in [-0.05, 0) is 47.7 Å². The van der Waals surface area contributed by atoms with Gasteiger partial charge < -0.3 is 10.3 Å². The lowest BCUT2D eigenvalue weighted by Crippen LogP contribution is -2.34. The Morgan fingerprint density at radius 1 is 1.26 bits per heavy atom. The smallest absolute Gasteiger partial charge is 0.222 e. The first-order valence-electron chi connectivity index (χ1n) is 11.4. The molecule has 0 aliphatic carbocycles. The van der Waals surface area contributed by atoms with Crippen molar-refractivity contribution in [3.8, 4) is 11.1 Å². The Hall–Kier alpha value is -3.81. The lowest BCUT2D eigenvalue weighted by molar-refractivity contribution is -0.129. The summed E-state index contributed by atoms with van der Waals surface area (Å²) >= 11 is 0. The van der Waals surface area contributed by atoms with E-state index in [4.69, 9.17) is 0 Å². The van der Waals surface area contributed by atoms with E-state index in [0.717, 1.165) is 22.9 Å². The highest BCUT2D eigenvalue weighted by Gasteiger charge is 2.29. The number of amidine groups is 1. The number of hydrazone groups is 1. The summed E-state index contributed by atoms with van der Waals surface area (Å²) < 4.78 is 15.3. The fourth-order valence-corrected chi connectivity index (χ4v) is 4.42. The molecule has 7 nitrogen and oxygen atoms in total. The Labute approximate surface area is 198 Å². The number of halogens is 1. The topological polar surface area (TPSA) is 77.9 Å². The van der Waals surface area contributed by atoms with Crippen LogP contribution in [0.3, 0.4) is 0 Å². The number of carbonyl (C=O) groups is 2. The largest absolute Gasteiger partial charge is 0.342 e. The molecule has 4 rings (SSSR count). The number of rotatable bonds is 7. The number of fused-ring (bicyclic) bond motifs is 1. The third kappa shape index (κ3) is 4.90. The standard InChI is InChI=1S/C26H28FN5O2/c1-3-26(34)31-12-10-18(16-31)13-25(30-28-2)32(17-33)24-9-8-20(14-22(24)27)21-7-6-19-5-4-11-29-23(19)15-21/h4-9,11,14-15,17-18,28H,3,10,12-13,16H2,1-2H3/b30-25-. The molecular formula is C26H28FN5O2. The quantitative estimate of drug-likeness (QED) is 0.248. The maximum atomic E-state index is 15.3. The van der Waals surface area contributed by atoms with Gasteiger partial charge in [0.1, 0.15) is 11.7 Å². The van der Waals surface area contributed by atoms with Gasteiger partial charge in [0.15, 0.2) is 0 Å². The molecule has 1 unspecified atom stereocenters. The molecular weight excluding hydrogens is 433 g/mol. The number of pyridine rings is 1. The molecule has 1 aliphatic heterocycles. The number of aromatic nitrogens is 1. The molecule has 1 N–H and O–H groups in total. The number of hydrogen-bond donors (Lipinski definition) is 1. The van der Waals surface area contributed by atoms with E-state index in [2.05, 4.69) is 15.5 Å². The third-order valence-electron chi connectivity index (χ3n) is 6.18. The monoisotopic (exact) mass is 461 g/mol. The van der Waals surface area contributed by atoms with Gasteiger partial charge in [0, 0.05) is 44.6 Å². The normalized spacial score (nSPS) is 16.0. The number of amides is 2. The van der Waals surface area contributed by atoms with Crippen LogP contribution in [0.5, 0.6) is 0 Å². The maximum Gasteiger partial charge on any atom is 0.222 e. The van der Waals surface area contributed by atoms with Crippen LogP contribution in [0.25, 0.3) is 22.0 Å². The number of benzene rings is 2. The summed E-state index contributed by atoms with van der Waals surface area (Å²) in [5.74, 6) is 0.156. The molecule has 1 atom stereocenters. The molecule has 0 saturated carbocycles. The van der Waals surface area contributed by atoms with Gasteiger partial charge in [-0.15, -0.1) is 0 Å². The molecule has 8 heteroatoms. The van der Waals surface area contributed by atoms with Crippen molar-refractivity contribution in [1.29, 1.82) is 0 Å². The van der Waals surface area contributed by atoms with E-state index in [1.165, 1.54) is 11.0 Å². The summed E-state index contributed by atoms with van der Waals surface area (Å²) in [7, 11) is 1.64. The van der Waals surface area contributed by atoms with Crippen molar-refractivity contribution in [2.24, 2.45) is 11.0 Å². The summed E-state index contributed by atoms with van der Waals surface area (Å²) in [6.45, 7) is 3.15. The van der Waals surface area contributed by atoms with Gasteiger partial charge in [-0.25, -0.2) is 4.39 Å². The molecule has 1 fully saturated rings. The van der Waals surface area contributed by atoms with E-state index < -0.39 is 5.82 Å². The fraction of sp³-hybridized carbons (Fsp3) is 0.308. The van der Waals surface area contributed by atoms with Crippen LogP contribution in [0.1, 0.15) is 26.2 Å². The van der Waals surface area contributed by atoms with E-state index in [0.29, 0.717) is 43.7 Å². The summed E-state index contributed by atoms with van der Waals surface area (Å²) in [6, 6.07) is 14.4. The van der Waals surface area contributed by atoms with Crippen LogP contribution < -0.4 is 10.3 Å². The van der Waals surface area contributed by atoms with Crippen molar-refractivity contribution in [1.82, 2.24) is 15.3 Å². The lowest BCUT2D eigenvalue weighted by atomic mass is 10.0. The highest BCUT2D eigenvalue weighted by molar-refractivity contribution is 6.10. The highest BCUT2D eigenvalue weighted by atomic mass is 19.1. The van der Waals surface area contributed by atoms with Gasteiger partial charge in [-0.3, -0.25) is 19.5 Å². The number of likely N-dealkylation sites (tertiary alicyclic amines) is 1. The first-order chi connectivity index (χ1) is 16.5. The van der Waals surface area contributed by atoms with E-state index in [9.17, 15) is 9.59 Å². The molecule has 2 heterocycles. The minimum Gasteiger partial charge on any atom is -0.342 e. The van der Waals surface area contributed by atoms with Crippen LogP contribution in [0.4, 0.5) is 10.1 Å². The SMILES string of the molecule is CCC(=O)N1CCC(C/C(=N/NC)N(C=O)c2ccc(-c3ccc4cccnc4c3)cc2F)C1. The molecule has 34 heavy (non-hydrogen) atoms. The Morgan fingerprint density at radius 3 is 2.79 bits per heavy atom. The summed E-state index contributed by atoms with van der Waals surface area (Å²) in [5.41, 5.74) is 5.21. The van der Waals surface area contributed by atoms with Crippen LogP contribution in [0.2, 0.25) is 0 Å². The number of anilines is 1. The van der Waals surface area contributed by atoms with E-state index in [-0.39, 0.29) is 17.5 Å². The number of nitrogens with zero attached hydrogens (tertiary/aromatic N) is 4. The molecule has 0 spiro atoms. The van der Waals surface area contributed by atoms with Gasteiger partial charge in [0.25, 0.3) is 0 Å². The second-order valence-electron chi connectivity index (χ2n) is 8.36. The van der Waals surface area contributed by atoms with E-state index in [1.54, 1.807) is 25.4 Å². The molecule has 176 valence electrons. The van der Waals surface area contributed by atoms with Crippen LogP contribution in [-0.4, -0.2) is 48.2 Å². The van der Waals surface area contributed by atoms with Gasteiger partial charge in [0.2, 0.25) is 12.3 Å². The summed E-state index contributed by atoms with van der Waals surface area (Å²) in [6.07, 6.45) is 4.04. The van der Waals surface area contributed by atoms with Crippen LogP contribution in [-0.2, 0) is 9.59 Å². The first-order valence-corrected chi connectivity index (χ1v) is 11.4. The Kier molecular flexibility index (Phi) is 7.15. The van der Waals surface area contributed by atoms with Crippen molar-refractivity contribution >= 4 is 34.7 Å². The molecule has 1 saturated heterocycles. The predicted octanol–water partition coefficient (Wildman–Crippen LogP) is 4.19. The second kappa shape index (κ2) is 10.4. The molecule has 0 bridgehead atoms. The number of hydrogen-bond acceptors (Lipinski definition) is 5. The third-order valence-corrected chi connectivity index (χ3v) is 6.18. The van der Waals surface area contributed by atoms with Crippen LogP contribution in [0, 0.1) is 11.7 Å². The maximum absolute atomic E-state index is 15.3. The zero-order valence-electron chi connectivity index (χ0n) is 19.4. The zero-order chi connectivity index (χ0) is 24.1. The minimum absolute atomic E-state index is 0.118. The van der Waals surface area contributed by atoms with Crippen molar-refractivity contribution in [3.63, 3.8) is 0 Å². The molecule has 2 aromatic carbocycles. The predicted molar refractivity (Wildman–Crippen MR) is 132 cm³/mol. The Balaban J connectivity index is 1.57. The Morgan fingerprint density at radius 2 is 2.06 bits per heavy atom. The van der Waals surface area contributed by atoms with Crippen LogP contribution in [0.15, 0.2) is 59.8 Å². The summed E-state index contributed by atoms with van der Waals surface area (Å²) in [4.78, 5) is 31.5. The van der Waals surface area contributed by atoms with Crippen molar-refractivity contribution < 1.29 is 14.0 Å². The minimum atomic E-state index is -0.524. The van der Waals surface area contributed by atoms with Crippen molar-refractivity contribution in [3.05, 3.63) is 60.5 Å². The van der Waals surface area contributed by atoms with Crippen molar-refractivity contribution in [2.45, 2.75) is 26.2 Å². The van der Waals surface area contributed by atoms with Crippen LogP contribution >= 0.6 is 0 Å². The van der Waals surface area contributed by atoms with Gasteiger partial charge in [0.05, 0.1) is 11.2 Å². The Bertz CT molecular complexity index is 1230. The average Bonchev–Trinajstić information content (AvgIpc) is 3.33. The van der Waals surface area contributed by atoms with Gasteiger partial charge in [-0.2, -0.15) is 5.10 Å². The molecule has 2 amide bonds. The fourth-order valence-electron chi connectivity index (χ4n) is 4.42. The summed E-state index contributed by atoms with van der Waals surface area (Å²) in [5, 5.41) is 5.27. The number of nitrogens with one attached hydrogen (secondary N) is 1. The molecule has 0 radical (unpaired) electrons. The average molecular weight is 462 g/mol. The van der Waals surface area contributed by atoms with Gasteiger partial charge in [-0.1, -0.05) is 31.2 Å².